The Bertz CT molecular complexity index is 536. The lowest BCUT2D eigenvalue weighted by Gasteiger charge is -2.12. The molecule has 0 saturated carbocycles. The number of amides is 1. The molecule has 4 heteroatoms. The lowest BCUT2D eigenvalue weighted by molar-refractivity contribution is -0.118. The van der Waals surface area contributed by atoms with Crippen molar-refractivity contribution in [2.75, 3.05) is 0 Å². The summed E-state index contributed by atoms with van der Waals surface area (Å²) in [6, 6.07) is 0. The fourth-order valence-corrected chi connectivity index (χ4v) is 2.34. The number of allylic oxidation sites excluding steroid dienone is 1. The fraction of sp³-hybridized carbons (Fsp3) is 0.333. The first-order valence-electron chi connectivity index (χ1n) is 5.36. The number of hydrogen-bond acceptors (Lipinski definition) is 3. The second-order valence-corrected chi connectivity index (χ2v) is 4.10. The first-order chi connectivity index (χ1) is 7.70. The zero-order valence-corrected chi connectivity index (χ0v) is 8.92. The van der Waals surface area contributed by atoms with Crippen LogP contribution in [-0.4, -0.2) is 11.7 Å². The summed E-state index contributed by atoms with van der Waals surface area (Å²) in [4.78, 5) is 23.4. The molecule has 0 aromatic carbocycles. The smallest absolute Gasteiger partial charge is 0.228 e. The molecule has 0 atom stereocenters. The van der Waals surface area contributed by atoms with Crippen molar-refractivity contribution >= 4 is 11.7 Å². The number of rotatable bonds is 1. The molecule has 16 heavy (non-hydrogen) atoms. The summed E-state index contributed by atoms with van der Waals surface area (Å²) in [5.74, 6) is 0.546. The number of fused-ring (bicyclic) bond motifs is 1. The normalized spacial score (nSPS) is 18.6. The number of furan rings is 1. The highest BCUT2D eigenvalue weighted by Gasteiger charge is 2.35. The van der Waals surface area contributed by atoms with Crippen LogP contribution in [-0.2, 0) is 17.6 Å². The highest BCUT2D eigenvalue weighted by molar-refractivity contribution is 6.15. The van der Waals surface area contributed by atoms with E-state index in [1.54, 1.807) is 6.26 Å². The van der Waals surface area contributed by atoms with Gasteiger partial charge in [0, 0.05) is 23.3 Å². The van der Waals surface area contributed by atoms with E-state index in [4.69, 9.17) is 4.42 Å². The van der Waals surface area contributed by atoms with Crippen molar-refractivity contribution in [3.8, 4) is 0 Å². The maximum atomic E-state index is 12.2. The summed E-state index contributed by atoms with van der Waals surface area (Å²) in [7, 11) is 0. The standard InChI is InChI=1S/C12H11NO3/c1-2-6-5-16-9-4-8-7(3-10(14)13-8)12(15)11(6)9/h5H,2-4H2,1H3,(H,13,14). The summed E-state index contributed by atoms with van der Waals surface area (Å²) in [5.41, 5.74) is 2.96. The van der Waals surface area contributed by atoms with Gasteiger partial charge in [-0.25, -0.2) is 0 Å². The Morgan fingerprint density at radius 2 is 2.19 bits per heavy atom. The minimum Gasteiger partial charge on any atom is -0.468 e. The Morgan fingerprint density at radius 1 is 1.38 bits per heavy atom. The van der Waals surface area contributed by atoms with Gasteiger partial charge in [-0.05, 0) is 6.42 Å². The molecule has 2 aliphatic rings. The number of Topliss-reactive ketones (excluding diaryl/α,β-unsaturated/α-hetero) is 1. The van der Waals surface area contributed by atoms with Crippen molar-refractivity contribution in [3.63, 3.8) is 0 Å². The van der Waals surface area contributed by atoms with Gasteiger partial charge in [-0.15, -0.1) is 0 Å². The van der Waals surface area contributed by atoms with Gasteiger partial charge in [0.1, 0.15) is 5.76 Å². The molecule has 0 unspecified atom stereocenters. The van der Waals surface area contributed by atoms with Gasteiger partial charge in [-0.2, -0.15) is 0 Å². The van der Waals surface area contributed by atoms with Crippen LogP contribution in [0.3, 0.4) is 0 Å². The summed E-state index contributed by atoms with van der Waals surface area (Å²) < 4.78 is 5.39. The average Bonchev–Trinajstić information content (AvgIpc) is 2.81. The van der Waals surface area contributed by atoms with Crippen LogP contribution in [0.5, 0.6) is 0 Å². The molecule has 82 valence electrons. The maximum Gasteiger partial charge on any atom is 0.228 e. The third kappa shape index (κ3) is 1.10. The molecule has 1 aliphatic heterocycles. The maximum absolute atomic E-state index is 12.2. The summed E-state index contributed by atoms with van der Waals surface area (Å²) in [5, 5.41) is 2.71. The second kappa shape index (κ2) is 3.07. The van der Waals surface area contributed by atoms with Gasteiger partial charge in [0.2, 0.25) is 5.91 Å². The zero-order chi connectivity index (χ0) is 11.3. The second-order valence-electron chi connectivity index (χ2n) is 4.10. The molecule has 1 aliphatic carbocycles. The van der Waals surface area contributed by atoms with Crippen molar-refractivity contribution in [3.05, 3.63) is 34.4 Å². The monoisotopic (exact) mass is 217 g/mol. The minimum absolute atomic E-state index is 0.0415. The van der Waals surface area contributed by atoms with Crippen molar-refractivity contribution in [1.29, 1.82) is 0 Å². The predicted octanol–water partition coefficient (Wildman–Crippen LogP) is 1.35. The van der Waals surface area contributed by atoms with Crippen LogP contribution in [0.1, 0.15) is 35.0 Å². The molecule has 3 rings (SSSR count). The van der Waals surface area contributed by atoms with E-state index >= 15 is 0 Å². The molecule has 1 aromatic heterocycles. The van der Waals surface area contributed by atoms with Gasteiger partial charge in [0.15, 0.2) is 5.78 Å². The number of aryl methyl sites for hydroxylation is 1. The van der Waals surface area contributed by atoms with Crippen LogP contribution in [0.4, 0.5) is 0 Å². The topological polar surface area (TPSA) is 59.3 Å². The zero-order valence-electron chi connectivity index (χ0n) is 8.92. The number of ketones is 1. The Labute approximate surface area is 92.3 Å². The molecule has 0 bridgehead atoms. The quantitative estimate of drug-likeness (QED) is 0.772. The van der Waals surface area contributed by atoms with Crippen LogP contribution in [0.2, 0.25) is 0 Å². The first kappa shape index (κ1) is 9.39. The van der Waals surface area contributed by atoms with Crippen LogP contribution in [0.15, 0.2) is 22.0 Å². The van der Waals surface area contributed by atoms with E-state index in [-0.39, 0.29) is 18.1 Å². The van der Waals surface area contributed by atoms with Gasteiger partial charge in [0.05, 0.1) is 18.2 Å². The molecular weight excluding hydrogens is 206 g/mol. The van der Waals surface area contributed by atoms with Crippen molar-refractivity contribution < 1.29 is 14.0 Å². The van der Waals surface area contributed by atoms with E-state index in [0.717, 1.165) is 17.7 Å². The predicted molar refractivity (Wildman–Crippen MR) is 55.9 cm³/mol. The van der Waals surface area contributed by atoms with Crippen LogP contribution in [0.25, 0.3) is 0 Å². The summed E-state index contributed by atoms with van der Waals surface area (Å²) in [6.45, 7) is 1.99. The first-order valence-corrected chi connectivity index (χ1v) is 5.36. The molecule has 0 radical (unpaired) electrons. The minimum atomic E-state index is -0.0958. The van der Waals surface area contributed by atoms with Gasteiger partial charge in [-0.1, -0.05) is 6.92 Å². The number of nitrogens with one attached hydrogen (secondary N) is 1. The Morgan fingerprint density at radius 3 is 2.94 bits per heavy atom. The SMILES string of the molecule is CCc1coc2c1C(=O)C1=C(C2)NC(=O)C1. The lowest BCUT2D eigenvalue weighted by atomic mass is 9.90. The van der Waals surface area contributed by atoms with E-state index in [1.807, 2.05) is 6.92 Å². The van der Waals surface area contributed by atoms with Gasteiger partial charge in [0.25, 0.3) is 0 Å². The van der Waals surface area contributed by atoms with Crippen molar-refractivity contribution in [1.82, 2.24) is 5.32 Å². The lowest BCUT2D eigenvalue weighted by Crippen LogP contribution is -2.19. The van der Waals surface area contributed by atoms with E-state index in [9.17, 15) is 9.59 Å². The van der Waals surface area contributed by atoms with E-state index in [1.165, 1.54) is 0 Å². The molecule has 0 spiro atoms. The Balaban J connectivity index is 2.10. The van der Waals surface area contributed by atoms with Crippen molar-refractivity contribution in [2.24, 2.45) is 0 Å². The van der Waals surface area contributed by atoms with Crippen molar-refractivity contribution in [2.45, 2.75) is 26.2 Å². The molecule has 1 N–H and O–H groups in total. The fourth-order valence-electron chi connectivity index (χ4n) is 2.34. The van der Waals surface area contributed by atoms with E-state index in [2.05, 4.69) is 5.32 Å². The van der Waals surface area contributed by atoms with Crippen LogP contribution >= 0.6 is 0 Å². The van der Waals surface area contributed by atoms with Gasteiger partial charge < -0.3 is 9.73 Å². The molecule has 4 nitrogen and oxygen atoms in total. The van der Waals surface area contributed by atoms with Gasteiger partial charge >= 0.3 is 0 Å². The number of hydrogen-bond donors (Lipinski definition) is 1. The molecule has 0 fully saturated rings. The average molecular weight is 217 g/mol. The molecule has 1 aromatic rings. The molecule has 0 saturated heterocycles. The van der Waals surface area contributed by atoms with Crippen LogP contribution in [0, 0.1) is 0 Å². The summed E-state index contributed by atoms with van der Waals surface area (Å²) >= 11 is 0. The number of carbonyl (C=O) groups is 2. The summed E-state index contributed by atoms with van der Waals surface area (Å²) in [6.07, 6.45) is 3.16. The highest BCUT2D eigenvalue weighted by atomic mass is 16.3. The Kier molecular flexibility index (Phi) is 1.80. The molecule has 2 heterocycles. The van der Waals surface area contributed by atoms with Crippen LogP contribution < -0.4 is 5.32 Å². The third-order valence-corrected chi connectivity index (χ3v) is 3.15. The van der Waals surface area contributed by atoms with E-state index < -0.39 is 0 Å². The van der Waals surface area contributed by atoms with Gasteiger partial charge in [-0.3, -0.25) is 9.59 Å². The molecule has 1 amide bonds. The number of carbonyl (C=O) groups excluding carboxylic acids is 2. The third-order valence-electron chi connectivity index (χ3n) is 3.15. The molecular formula is C12H11NO3. The van der Waals surface area contributed by atoms with E-state index in [0.29, 0.717) is 23.3 Å². The largest absolute Gasteiger partial charge is 0.468 e. The Hall–Kier alpha value is -1.84. The highest BCUT2D eigenvalue weighted by Crippen LogP contribution is 2.33.